The van der Waals surface area contributed by atoms with Gasteiger partial charge in [-0.2, -0.15) is 0 Å². The number of thiophene rings is 1. The van der Waals surface area contributed by atoms with E-state index in [1.54, 1.807) is 14.2 Å². The predicted molar refractivity (Wildman–Crippen MR) is 73.8 cm³/mol. The molecule has 0 aliphatic carbocycles. The van der Waals surface area contributed by atoms with Gasteiger partial charge in [-0.25, -0.2) is 0 Å². The van der Waals surface area contributed by atoms with E-state index in [1.807, 2.05) is 11.3 Å². The van der Waals surface area contributed by atoms with E-state index in [4.69, 9.17) is 4.74 Å². The van der Waals surface area contributed by atoms with Gasteiger partial charge in [-0.1, -0.05) is 6.92 Å². The highest BCUT2D eigenvalue weighted by atomic mass is 32.1. The number of aliphatic imine (C=N–C) groups is 1. The lowest BCUT2D eigenvalue weighted by atomic mass is 10.4. The third-order valence-electron chi connectivity index (χ3n) is 2.32. The van der Waals surface area contributed by atoms with E-state index >= 15 is 0 Å². The Morgan fingerprint density at radius 2 is 2.12 bits per heavy atom. The van der Waals surface area contributed by atoms with Crippen molar-refractivity contribution < 1.29 is 4.74 Å². The fraction of sp³-hybridized carbons (Fsp3) is 0.583. The Morgan fingerprint density at radius 1 is 1.35 bits per heavy atom. The summed E-state index contributed by atoms with van der Waals surface area (Å²) >= 11 is 1.84. The molecule has 0 atom stereocenters. The van der Waals surface area contributed by atoms with E-state index in [9.17, 15) is 0 Å². The summed E-state index contributed by atoms with van der Waals surface area (Å²) in [6.07, 6.45) is 1.10. The normalized spacial score (nSPS) is 11.6. The van der Waals surface area contributed by atoms with Gasteiger partial charge in [0, 0.05) is 30.5 Å². The summed E-state index contributed by atoms with van der Waals surface area (Å²) < 4.78 is 4.97. The third kappa shape index (κ3) is 5.19. The first kappa shape index (κ1) is 14.0. The lowest BCUT2D eigenvalue weighted by molar-refractivity contribution is 0.203. The van der Waals surface area contributed by atoms with Gasteiger partial charge < -0.3 is 15.4 Å². The maximum Gasteiger partial charge on any atom is 0.191 e. The molecule has 96 valence electrons. The molecule has 0 radical (unpaired) electrons. The van der Waals surface area contributed by atoms with Crippen molar-refractivity contribution in [2.24, 2.45) is 4.99 Å². The largest absolute Gasteiger partial charge is 0.383 e. The van der Waals surface area contributed by atoms with Crippen molar-refractivity contribution in [1.29, 1.82) is 0 Å². The van der Waals surface area contributed by atoms with Gasteiger partial charge in [0.1, 0.15) is 0 Å². The predicted octanol–water partition coefficient (Wildman–Crippen LogP) is 1.62. The van der Waals surface area contributed by atoms with Crippen molar-refractivity contribution in [2.45, 2.75) is 19.9 Å². The van der Waals surface area contributed by atoms with Crippen LogP contribution in [0.2, 0.25) is 0 Å². The minimum Gasteiger partial charge on any atom is -0.383 e. The average molecular weight is 255 g/mol. The van der Waals surface area contributed by atoms with Crippen LogP contribution in [0.25, 0.3) is 0 Å². The number of aryl methyl sites for hydroxylation is 1. The molecule has 1 aromatic heterocycles. The smallest absolute Gasteiger partial charge is 0.191 e. The first-order valence-electron chi connectivity index (χ1n) is 5.81. The van der Waals surface area contributed by atoms with Crippen LogP contribution in [-0.4, -0.2) is 33.3 Å². The zero-order valence-corrected chi connectivity index (χ0v) is 11.6. The van der Waals surface area contributed by atoms with Gasteiger partial charge in [0.15, 0.2) is 5.96 Å². The number of nitrogens with zero attached hydrogens (tertiary/aromatic N) is 1. The number of ether oxygens (including phenoxy) is 1. The van der Waals surface area contributed by atoms with E-state index in [2.05, 4.69) is 34.7 Å². The van der Waals surface area contributed by atoms with Gasteiger partial charge >= 0.3 is 0 Å². The van der Waals surface area contributed by atoms with Crippen LogP contribution in [0.4, 0.5) is 0 Å². The number of guanidine groups is 1. The van der Waals surface area contributed by atoms with Gasteiger partial charge in [0.05, 0.1) is 13.2 Å². The summed E-state index contributed by atoms with van der Waals surface area (Å²) in [5.74, 6) is 0.813. The fourth-order valence-corrected chi connectivity index (χ4v) is 2.27. The Balaban J connectivity index is 2.32. The topological polar surface area (TPSA) is 45.7 Å². The maximum absolute atomic E-state index is 4.97. The second-order valence-corrected chi connectivity index (χ2v) is 4.82. The molecule has 0 aromatic carbocycles. The minimum atomic E-state index is 0.680. The highest BCUT2D eigenvalue weighted by Gasteiger charge is 2.00. The Hall–Kier alpha value is -1.07. The number of nitrogens with one attached hydrogen (secondary N) is 2. The molecular weight excluding hydrogens is 234 g/mol. The first-order chi connectivity index (χ1) is 8.30. The second kappa shape index (κ2) is 8.08. The molecule has 5 heteroatoms. The zero-order valence-electron chi connectivity index (χ0n) is 10.7. The van der Waals surface area contributed by atoms with Crippen molar-refractivity contribution in [3.8, 4) is 0 Å². The summed E-state index contributed by atoms with van der Waals surface area (Å²) in [5.41, 5.74) is 0. The molecule has 0 aliphatic heterocycles. The van der Waals surface area contributed by atoms with Crippen LogP contribution in [0.5, 0.6) is 0 Å². The zero-order chi connectivity index (χ0) is 12.5. The van der Waals surface area contributed by atoms with Crippen LogP contribution in [-0.2, 0) is 17.7 Å². The summed E-state index contributed by atoms with van der Waals surface area (Å²) in [6.45, 7) is 4.44. The highest BCUT2D eigenvalue weighted by molar-refractivity contribution is 7.11. The van der Waals surface area contributed by atoms with Crippen LogP contribution < -0.4 is 10.6 Å². The van der Waals surface area contributed by atoms with Crippen LogP contribution in [0.1, 0.15) is 16.7 Å². The van der Waals surface area contributed by atoms with E-state index in [0.29, 0.717) is 6.61 Å². The standard InChI is InChI=1S/C12H21N3OS/c1-4-10-5-6-11(17-10)9-15-12(13-2)14-7-8-16-3/h5-6H,4,7-9H2,1-3H3,(H2,13,14,15). The third-order valence-corrected chi connectivity index (χ3v) is 3.55. The molecule has 0 aliphatic rings. The van der Waals surface area contributed by atoms with E-state index in [1.165, 1.54) is 9.75 Å². The molecule has 0 saturated heterocycles. The minimum absolute atomic E-state index is 0.680. The van der Waals surface area contributed by atoms with Crippen molar-refractivity contribution in [3.63, 3.8) is 0 Å². The summed E-state index contributed by atoms with van der Waals surface area (Å²) in [6, 6.07) is 4.35. The molecule has 0 amide bonds. The summed E-state index contributed by atoms with van der Waals surface area (Å²) in [4.78, 5) is 6.90. The number of hydrogen-bond donors (Lipinski definition) is 2. The summed E-state index contributed by atoms with van der Waals surface area (Å²) in [5, 5.41) is 6.46. The Bertz CT molecular complexity index is 349. The molecule has 1 heterocycles. The molecular formula is C12H21N3OS. The lowest BCUT2D eigenvalue weighted by Gasteiger charge is -2.10. The van der Waals surface area contributed by atoms with Crippen molar-refractivity contribution in [3.05, 3.63) is 21.9 Å². The quantitative estimate of drug-likeness (QED) is 0.461. The number of methoxy groups -OCH3 is 1. The Labute approximate surface area is 107 Å². The molecule has 1 rings (SSSR count). The number of hydrogen-bond acceptors (Lipinski definition) is 3. The Morgan fingerprint density at radius 3 is 2.71 bits per heavy atom. The van der Waals surface area contributed by atoms with Crippen LogP contribution >= 0.6 is 11.3 Å². The van der Waals surface area contributed by atoms with Gasteiger partial charge in [-0.3, -0.25) is 4.99 Å². The number of rotatable bonds is 6. The first-order valence-corrected chi connectivity index (χ1v) is 6.62. The van der Waals surface area contributed by atoms with Gasteiger partial charge in [-0.15, -0.1) is 11.3 Å². The van der Waals surface area contributed by atoms with Crippen molar-refractivity contribution >= 4 is 17.3 Å². The van der Waals surface area contributed by atoms with Crippen LogP contribution in [0.15, 0.2) is 17.1 Å². The molecule has 0 saturated carbocycles. The summed E-state index contributed by atoms with van der Waals surface area (Å²) in [7, 11) is 3.46. The monoisotopic (exact) mass is 255 g/mol. The van der Waals surface area contributed by atoms with Crippen LogP contribution in [0, 0.1) is 0 Å². The molecule has 2 N–H and O–H groups in total. The molecule has 4 nitrogen and oxygen atoms in total. The van der Waals surface area contributed by atoms with Gasteiger partial charge in [-0.05, 0) is 18.6 Å². The van der Waals surface area contributed by atoms with Crippen molar-refractivity contribution in [1.82, 2.24) is 10.6 Å². The molecule has 0 fully saturated rings. The van der Waals surface area contributed by atoms with Gasteiger partial charge in [0.2, 0.25) is 0 Å². The molecule has 17 heavy (non-hydrogen) atoms. The Kier molecular flexibility index (Phi) is 6.65. The van der Waals surface area contributed by atoms with Crippen LogP contribution in [0.3, 0.4) is 0 Å². The molecule has 0 spiro atoms. The molecule has 0 unspecified atom stereocenters. The second-order valence-electron chi connectivity index (χ2n) is 3.57. The fourth-order valence-electron chi connectivity index (χ4n) is 1.37. The van der Waals surface area contributed by atoms with Crippen molar-refractivity contribution in [2.75, 3.05) is 27.3 Å². The van der Waals surface area contributed by atoms with Gasteiger partial charge in [0.25, 0.3) is 0 Å². The van der Waals surface area contributed by atoms with E-state index in [0.717, 1.165) is 25.5 Å². The molecule has 0 bridgehead atoms. The SMILES string of the molecule is CCc1ccc(CNC(=NC)NCCOC)s1. The average Bonchev–Trinajstić information content (AvgIpc) is 2.81. The molecule has 1 aromatic rings. The lowest BCUT2D eigenvalue weighted by Crippen LogP contribution is -2.38. The maximum atomic E-state index is 4.97. The van der Waals surface area contributed by atoms with E-state index < -0.39 is 0 Å². The van der Waals surface area contributed by atoms with E-state index in [-0.39, 0.29) is 0 Å². The highest BCUT2D eigenvalue weighted by Crippen LogP contribution is 2.16.